The number of hydrogen-bond donors (Lipinski definition) is 3. The Hall–Kier alpha value is -2.15. The van der Waals surface area contributed by atoms with Gasteiger partial charge in [0.2, 0.25) is 0 Å². The van der Waals surface area contributed by atoms with Gasteiger partial charge in [0.1, 0.15) is 11.9 Å². The highest BCUT2D eigenvalue weighted by Crippen LogP contribution is 2.06. The molecule has 0 spiro atoms. The second-order valence-corrected chi connectivity index (χ2v) is 4.34. The van der Waals surface area contributed by atoms with Gasteiger partial charge in [-0.2, -0.15) is 0 Å². The number of aliphatic hydroxyl groups is 1. The summed E-state index contributed by atoms with van der Waals surface area (Å²) in [6, 6.07) is 3.95. The van der Waals surface area contributed by atoms with Crippen LogP contribution in [0.1, 0.15) is 12.0 Å². The van der Waals surface area contributed by atoms with Gasteiger partial charge in [0, 0.05) is 26.6 Å². The monoisotopic (exact) mass is 284 g/mol. The van der Waals surface area contributed by atoms with E-state index in [1.807, 2.05) is 0 Å². The van der Waals surface area contributed by atoms with E-state index < -0.39 is 18.0 Å². The van der Waals surface area contributed by atoms with Crippen molar-refractivity contribution < 1.29 is 24.2 Å². The third-order valence-corrected chi connectivity index (χ3v) is 2.69. The number of aliphatic carboxylic acids is 1. The SMILES string of the molecule is CN(Cc1ccc(F)cc1)C(=O)NC(CCO)C(=O)O. The van der Waals surface area contributed by atoms with E-state index >= 15 is 0 Å². The summed E-state index contributed by atoms with van der Waals surface area (Å²) in [5.74, 6) is -1.57. The minimum Gasteiger partial charge on any atom is -0.480 e. The number of urea groups is 1. The molecule has 1 aromatic rings. The predicted octanol–water partition coefficient (Wildman–Crippen LogP) is 0.803. The number of carboxylic acid groups (broad SMARTS) is 1. The lowest BCUT2D eigenvalue weighted by atomic mass is 10.2. The molecular weight excluding hydrogens is 267 g/mol. The van der Waals surface area contributed by atoms with Crippen LogP contribution < -0.4 is 5.32 Å². The lowest BCUT2D eigenvalue weighted by Crippen LogP contribution is -2.46. The highest BCUT2D eigenvalue weighted by Gasteiger charge is 2.21. The number of carbonyl (C=O) groups is 2. The zero-order valence-electron chi connectivity index (χ0n) is 11.0. The number of aliphatic hydroxyl groups excluding tert-OH is 1. The van der Waals surface area contributed by atoms with Crippen LogP contribution in [-0.4, -0.2) is 46.8 Å². The number of carbonyl (C=O) groups excluding carboxylic acids is 1. The fourth-order valence-electron chi connectivity index (χ4n) is 1.58. The minimum absolute atomic E-state index is 0.0640. The Bertz CT molecular complexity index is 464. The smallest absolute Gasteiger partial charge is 0.326 e. The molecule has 0 aliphatic carbocycles. The van der Waals surface area contributed by atoms with E-state index in [1.54, 1.807) is 12.1 Å². The number of nitrogens with one attached hydrogen (secondary N) is 1. The van der Waals surface area contributed by atoms with E-state index in [2.05, 4.69) is 5.32 Å². The molecule has 0 bridgehead atoms. The summed E-state index contributed by atoms with van der Waals surface area (Å²) in [4.78, 5) is 23.9. The van der Waals surface area contributed by atoms with Gasteiger partial charge in [0.15, 0.2) is 0 Å². The Morgan fingerprint density at radius 1 is 1.35 bits per heavy atom. The average molecular weight is 284 g/mol. The molecule has 110 valence electrons. The molecule has 0 saturated heterocycles. The van der Waals surface area contributed by atoms with Gasteiger partial charge in [-0.25, -0.2) is 14.0 Å². The molecule has 20 heavy (non-hydrogen) atoms. The Morgan fingerprint density at radius 3 is 2.45 bits per heavy atom. The van der Waals surface area contributed by atoms with Crippen molar-refractivity contribution in [1.29, 1.82) is 0 Å². The maximum atomic E-state index is 12.7. The van der Waals surface area contributed by atoms with E-state index in [0.717, 1.165) is 5.56 Å². The van der Waals surface area contributed by atoms with Crippen LogP contribution in [0.5, 0.6) is 0 Å². The first kappa shape index (κ1) is 15.9. The van der Waals surface area contributed by atoms with Crippen LogP contribution in [0.15, 0.2) is 24.3 Å². The molecule has 0 saturated carbocycles. The normalized spacial score (nSPS) is 11.8. The van der Waals surface area contributed by atoms with Crippen LogP contribution in [0.4, 0.5) is 9.18 Å². The molecular formula is C13H17FN2O4. The molecule has 0 radical (unpaired) electrons. The number of benzene rings is 1. The van der Waals surface area contributed by atoms with Gasteiger partial charge < -0.3 is 20.4 Å². The number of rotatable bonds is 6. The van der Waals surface area contributed by atoms with Crippen LogP contribution in [0.3, 0.4) is 0 Å². The van der Waals surface area contributed by atoms with Crippen LogP contribution in [0, 0.1) is 5.82 Å². The molecule has 0 fully saturated rings. The van der Waals surface area contributed by atoms with Gasteiger partial charge in [-0.15, -0.1) is 0 Å². The summed E-state index contributed by atoms with van der Waals surface area (Å²) in [6.07, 6.45) is -0.0640. The topological polar surface area (TPSA) is 89.9 Å². The fourth-order valence-corrected chi connectivity index (χ4v) is 1.58. The molecule has 6 nitrogen and oxygen atoms in total. The highest BCUT2D eigenvalue weighted by molar-refractivity contribution is 5.82. The molecule has 2 amide bonds. The predicted molar refractivity (Wildman–Crippen MR) is 69.5 cm³/mol. The van der Waals surface area contributed by atoms with Crippen molar-refractivity contribution >= 4 is 12.0 Å². The molecule has 1 aromatic carbocycles. The van der Waals surface area contributed by atoms with E-state index in [-0.39, 0.29) is 25.4 Å². The molecule has 7 heteroatoms. The zero-order valence-corrected chi connectivity index (χ0v) is 11.0. The molecule has 3 N–H and O–H groups in total. The molecule has 0 aliphatic heterocycles. The van der Waals surface area contributed by atoms with Gasteiger partial charge in [-0.3, -0.25) is 0 Å². The molecule has 1 atom stereocenters. The van der Waals surface area contributed by atoms with Gasteiger partial charge in [0.05, 0.1) is 0 Å². The van der Waals surface area contributed by atoms with E-state index in [4.69, 9.17) is 10.2 Å². The van der Waals surface area contributed by atoms with Crippen molar-refractivity contribution in [3.05, 3.63) is 35.6 Å². The Balaban J connectivity index is 2.57. The van der Waals surface area contributed by atoms with Crippen molar-refractivity contribution in [3.8, 4) is 0 Å². The Kier molecular flexibility index (Phi) is 5.92. The Labute approximate surface area is 115 Å². The third-order valence-electron chi connectivity index (χ3n) is 2.69. The lowest BCUT2D eigenvalue weighted by Gasteiger charge is -2.21. The third kappa shape index (κ3) is 4.85. The van der Waals surface area contributed by atoms with Gasteiger partial charge in [-0.1, -0.05) is 12.1 Å². The van der Waals surface area contributed by atoms with Crippen LogP contribution in [0.25, 0.3) is 0 Å². The first-order chi connectivity index (χ1) is 9.43. The van der Waals surface area contributed by atoms with Gasteiger partial charge in [-0.05, 0) is 17.7 Å². The molecule has 1 rings (SSSR count). The van der Waals surface area contributed by atoms with Crippen LogP contribution in [-0.2, 0) is 11.3 Å². The zero-order chi connectivity index (χ0) is 15.1. The summed E-state index contributed by atoms with van der Waals surface area (Å²) in [5.41, 5.74) is 0.720. The van der Waals surface area contributed by atoms with Crippen molar-refractivity contribution in [2.75, 3.05) is 13.7 Å². The largest absolute Gasteiger partial charge is 0.480 e. The molecule has 0 aliphatic rings. The summed E-state index contributed by atoms with van der Waals surface area (Å²) in [5, 5.41) is 19.9. The molecule has 0 heterocycles. The van der Waals surface area contributed by atoms with E-state index in [0.29, 0.717) is 0 Å². The summed E-state index contributed by atoms with van der Waals surface area (Å²) >= 11 is 0. The number of amides is 2. The van der Waals surface area contributed by atoms with E-state index in [9.17, 15) is 14.0 Å². The minimum atomic E-state index is -1.21. The van der Waals surface area contributed by atoms with Gasteiger partial charge >= 0.3 is 12.0 Å². The number of nitrogens with zero attached hydrogens (tertiary/aromatic N) is 1. The maximum absolute atomic E-state index is 12.7. The van der Waals surface area contributed by atoms with Crippen LogP contribution >= 0.6 is 0 Å². The average Bonchev–Trinajstić information content (AvgIpc) is 2.40. The number of carboxylic acids is 1. The number of halogens is 1. The van der Waals surface area contributed by atoms with Crippen molar-refractivity contribution in [1.82, 2.24) is 10.2 Å². The first-order valence-electron chi connectivity index (χ1n) is 6.03. The van der Waals surface area contributed by atoms with Crippen LogP contribution in [0.2, 0.25) is 0 Å². The molecule has 1 unspecified atom stereocenters. The van der Waals surface area contributed by atoms with Gasteiger partial charge in [0.25, 0.3) is 0 Å². The first-order valence-corrected chi connectivity index (χ1v) is 6.03. The van der Waals surface area contributed by atoms with Crippen molar-refractivity contribution in [2.45, 2.75) is 19.0 Å². The highest BCUT2D eigenvalue weighted by atomic mass is 19.1. The summed E-state index contributed by atoms with van der Waals surface area (Å²) in [6.45, 7) is -0.115. The Morgan fingerprint density at radius 2 is 1.95 bits per heavy atom. The quantitative estimate of drug-likeness (QED) is 0.721. The maximum Gasteiger partial charge on any atom is 0.326 e. The molecule has 0 aromatic heterocycles. The second kappa shape index (κ2) is 7.44. The summed E-state index contributed by atoms with van der Waals surface area (Å²) in [7, 11) is 1.50. The summed E-state index contributed by atoms with van der Waals surface area (Å²) < 4.78 is 12.7. The van der Waals surface area contributed by atoms with E-state index in [1.165, 1.54) is 24.1 Å². The standard InChI is InChI=1S/C13H17FN2O4/c1-16(8-9-2-4-10(14)5-3-9)13(20)15-11(6-7-17)12(18)19/h2-5,11,17H,6-8H2,1H3,(H,15,20)(H,18,19). The fraction of sp³-hybridized carbons (Fsp3) is 0.385. The van der Waals surface area contributed by atoms with Crippen molar-refractivity contribution in [3.63, 3.8) is 0 Å². The van der Waals surface area contributed by atoms with Crippen molar-refractivity contribution in [2.24, 2.45) is 0 Å². The number of hydrogen-bond acceptors (Lipinski definition) is 3. The lowest BCUT2D eigenvalue weighted by molar-refractivity contribution is -0.139. The second-order valence-electron chi connectivity index (χ2n) is 4.34.